The number of aryl methyl sites for hydroxylation is 1. The number of aromatic nitrogens is 4. The Balaban J connectivity index is 1.73. The molecule has 0 bridgehead atoms. The molecule has 1 aliphatic rings. The molecule has 0 N–H and O–H groups in total. The van der Waals surface area contributed by atoms with E-state index in [9.17, 15) is 18.0 Å². The molecule has 2 heterocycles. The number of ether oxygens (including phenoxy) is 1. The van der Waals surface area contributed by atoms with Gasteiger partial charge in [-0.3, -0.25) is 4.79 Å². The summed E-state index contributed by atoms with van der Waals surface area (Å²) < 4.78 is 47.0. The Morgan fingerprint density at radius 2 is 1.88 bits per heavy atom. The average molecular weight is 471 g/mol. The van der Waals surface area contributed by atoms with Crippen molar-refractivity contribution < 1.29 is 22.7 Å². The van der Waals surface area contributed by atoms with E-state index in [-0.39, 0.29) is 13.0 Å². The minimum absolute atomic E-state index is 0.0224. The predicted molar refractivity (Wildman–Crippen MR) is 120 cm³/mol. The number of hydrogen-bond acceptors (Lipinski definition) is 5. The zero-order valence-corrected chi connectivity index (χ0v) is 19.0. The lowest BCUT2D eigenvalue weighted by Crippen LogP contribution is -2.46. The quantitative estimate of drug-likeness (QED) is 0.396. The van der Waals surface area contributed by atoms with Gasteiger partial charge in [-0.2, -0.15) is 13.2 Å². The summed E-state index contributed by atoms with van der Waals surface area (Å²) in [6, 6.07) is 12.5. The molecule has 3 aromatic rings. The molecular formula is C24H24F3N5O2. The Kier molecular flexibility index (Phi) is 6.41. The van der Waals surface area contributed by atoms with E-state index in [2.05, 4.69) is 15.5 Å². The molecule has 1 unspecified atom stereocenters. The zero-order chi connectivity index (χ0) is 24.5. The Hall–Kier alpha value is -3.69. The van der Waals surface area contributed by atoms with E-state index in [4.69, 9.17) is 4.74 Å². The molecule has 2 aromatic carbocycles. The lowest BCUT2D eigenvalue weighted by molar-refractivity contribution is -0.187. The Morgan fingerprint density at radius 1 is 1.15 bits per heavy atom. The van der Waals surface area contributed by atoms with Gasteiger partial charge in [0.15, 0.2) is 5.82 Å². The molecular weight excluding hydrogens is 447 g/mol. The minimum atomic E-state index is -4.90. The Morgan fingerprint density at radius 3 is 2.53 bits per heavy atom. The van der Waals surface area contributed by atoms with Crippen LogP contribution in [0.15, 0.2) is 48.5 Å². The molecule has 34 heavy (non-hydrogen) atoms. The van der Waals surface area contributed by atoms with Crippen molar-refractivity contribution in [3.63, 3.8) is 0 Å². The number of tetrazole rings is 1. The molecule has 0 saturated carbocycles. The molecule has 0 aliphatic carbocycles. The molecule has 7 nitrogen and oxygen atoms in total. The van der Waals surface area contributed by atoms with Gasteiger partial charge in [-0.1, -0.05) is 37.3 Å². The van der Waals surface area contributed by atoms with Crippen LogP contribution in [0.5, 0.6) is 11.5 Å². The number of para-hydroxylation sites is 1. The van der Waals surface area contributed by atoms with Crippen molar-refractivity contribution >= 4 is 11.5 Å². The third-order valence-electron chi connectivity index (χ3n) is 5.90. The first-order chi connectivity index (χ1) is 16.2. The summed E-state index contributed by atoms with van der Waals surface area (Å²) in [5.74, 6) is -0.000453. The largest absolute Gasteiger partial charge is 0.471 e. The summed E-state index contributed by atoms with van der Waals surface area (Å²) in [4.78, 5) is 12.9. The van der Waals surface area contributed by atoms with Crippen LogP contribution < -0.4 is 4.74 Å². The monoisotopic (exact) mass is 471 g/mol. The first-order valence-electron chi connectivity index (χ1n) is 11.0. The van der Waals surface area contributed by atoms with Crippen molar-refractivity contribution in [2.24, 2.45) is 7.05 Å². The van der Waals surface area contributed by atoms with Gasteiger partial charge in [0.2, 0.25) is 0 Å². The number of carbonyl (C=O) groups is 1. The Labute approximate surface area is 194 Å². The highest BCUT2D eigenvalue weighted by atomic mass is 19.4. The first kappa shape index (κ1) is 23.5. The number of benzene rings is 2. The van der Waals surface area contributed by atoms with E-state index in [1.54, 1.807) is 25.6 Å². The highest BCUT2D eigenvalue weighted by Crippen LogP contribution is 2.45. The number of halogens is 3. The fourth-order valence-electron chi connectivity index (χ4n) is 4.20. The Bertz CT molecular complexity index is 1240. The molecule has 1 aromatic heterocycles. The van der Waals surface area contributed by atoms with Crippen LogP contribution in [0, 0.1) is 0 Å². The van der Waals surface area contributed by atoms with Crippen molar-refractivity contribution in [1.82, 2.24) is 25.1 Å². The van der Waals surface area contributed by atoms with Gasteiger partial charge in [0.05, 0.1) is 0 Å². The van der Waals surface area contributed by atoms with Crippen molar-refractivity contribution in [2.45, 2.75) is 38.9 Å². The summed E-state index contributed by atoms with van der Waals surface area (Å²) in [6.07, 6.45) is -2.35. The number of rotatable bonds is 6. The molecule has 0 fully saturated rings. The summed E-state index contributed by atoms with van der Waals surface area (Å²) in [6.45, 7) is 3.31. The lowest BCUT2D eigenvalue weighted by atomic mass is 9.91. The van der Waals surface area contributed by atoms with Crippen LogP contribution in [0.4, 0.5) is 13.2 Å². The second-order valence-corrected chi connectivity index (χ2v) is 7.94. The molecule has 178 valence electrons. The van der Waals surface area contributed by atoms with E-state index in [1.165, 1.54) is 0 Å². The summed E-state index contributed by atoms with van der Waals surface area (Å²) in [5, 5.41) is 11.6. The average Bonchev–Trinajstić information content (AvgIpc) is 3.25. The van der Waals surface area contributed by atoms with Crippen LogP contribution in [0.1, 0.15) is 37.8 Å². The van der Waals surface area contributed by atoms with Crippen LogP contribution in [0.3, 0.4) is 0 Å². The van der Waals surface area contributed by atoms with Gasteiger partial charge in [0, 0.05) is 36.3 Å². The molecule has 1 amide bonds. The molecule has 0 radical (unpaired) electrons. The fraction of sp³-hybridized carbons (Fsp3) is 0.333. The second-order valence-electron chi connectivity index (χ2n) is 7.94. The minimum Gasteiger partial charge on any atom is -0.456 e. The topological polar surface area (TPSA) is 73.1 Å². The maximum Gasteiger partial charge on any atom is 0.471 e. The van der Waals surface area contributed by atoms with Gasteiger partial charge in [-0.05, 0) is 54.0 Å². The number of nitrogens with zero attached hydrogens (tertiary/aromatic N) is 5. The number of hydrogen-bond donors (Lipinski definition) is 0. The summed E-state index contributed by atoms with van der Waals surface area (Å²) in [5.41, 5.74) is 3.25. The molecule has 1 aliphatic heterocycles. The van der Waals surface area contributed by atoms with Crippen LogP contribution in [-0.4, -0.2) is 49.8 Å². The molecule has 4 rings (SSSR count). The lowest BCUT2D eigenvalue weighted by Gasteiger charge is -2.31. The molecule has 0 saturated heterocycles. The van der Waals surface area contributed by atoms with Crippen LogP contribution in [-0.2, 0) is 11.8 Å². The third kappa shape index (κ3) is 4.40. The number of alkyl halides is 3. The van der Waals surface area contributed by atoms with Gasteiger partial charge >= 0.3 is 12.1 Å². The van der Waals surface area contributed by atoms with Crippen LogP contribution >= 0.6 is 0 Å². The van der Waals surface area contributed by atoms with Gasteiger partial charge in [-0.15, -0.1) is 5.10 Å². The zero-order valence-electron chi connectivity index (χ0n) is 19.0. The van der Waals surface area contributed by atoms with Gasteiger partial charge < -0.3 is 9.64 Å². The summed E-state index contributed by atoms with van der Waals surface area (Å²) in [7, 11) is 1.74. The highest BCUT2D eigenvalue weighted by Gasteiger charge is 2.43. The van der Waals surface area contributed by atoms with Crippen molar-refractivity contribution in [2.75, 3.05) is 6.54 Å². The third-order valence-corrected chi connectivity index (χ3v) is 5.90. The summed E-state index contributed by atoms with van der Waals surface area (Å²) >= 11 is 0. The SMILES string of the molecule is CCC(C/C=C1/c2ccccc2Oc2cc(-c3nnnn3C)ccc21)N(CC)C(=O)C(F)(F)F. The van der Waals surface area contributed by atoms with E-state index in [1.807, 2.05) is 48.5 Å². The van der Waals surface area contributed by atoms with Crippen molar-refractivity contribution in [1.29, 1.82) is 0 Å². The molecule has 10 heteroatoms. The highest BCUT2D eigenvalue weighted by molar-refractivity contribution is 5.89. The second kappa shape index (κ2) is 9.28. The maximum absolute atomic E-state index is 13.1. The fourth-order valence-corrected chi connectivity index (χ4v) is 4.20. The predicted octanol–water partition coefficient (Wildman–Crippen LogP) is 4.99. The van der Waals surface area contributed by atoms with E-state index in [0.29, 0.717) is 23.7 Å². The maximum atomic E-state index is 13.1. The van der Waals surface area contributed by atoms with Crippen molar-refractivity contribution in [3.05, 3.63) is 59.7 Å². The standard InChI is InChI=1S/C24H24F3N5O2/c1-4-16(32(5-2)23(33)24(25,26)27)11-13-17-18-8-6-7-9-20(18)34-21-14-15(10-12-19(17)21)22-28-29-30-31(22)3/h6-10,12-14,16H,4-5,11H2,1-3H3/b17-13-. The van der Waals surface area contributed by atoms with Crippen LogP contribution in [0.25, 0.3) is 17.0 Å². The smallest absolute Gasteiger partial charge is 0.456 e. The number of fused-ring (bicyclic) bond motifs is 2. The van der Waals surface area contributed by atoms with E-state index < -0.39 is 18.1 Å². The van der Waals surface area contributed by atoms with Gasteiger partial charge in [0.25, 0.3) is 0 Å². The van der Waals surface area contributed by atoms with Gasteiger partial charge in [0.1, 0.15) is 11.5 Å². The van der Waals surface area contributed by atoms with Gasteiger partial charge in [-0.25, -0.2) is 4.68 Å². The van der Waals surface area contributed by atoms with Crippen molar-refractivity contribution in [3.8, 4) is 22.9 Å². The van der Waals surface area contributed by atoms with E-state index in [0.717, 1.165) is 27.2 Å². The molecule has 0 spiro atoms. The number of carbonyl (C=O) groups excluding carboxylic acids is 1. The normalized spacial score (nSPS) is 14.8. The van der Waals surface area contributed by atoms with Crippen LogP contribution in [0.2, 0.25) is 0 Å². The number of amides is 1. The van der Waals surface area contributed by atoms with E-state index >= 15 is 0 Å². The first-order valence-corrected chi connectivity index (χ1v) is 11.0. The molecule has 1 atom stereocenters.